The Morgan fingerprint density at radius 2 is 1.34 bits per heavy atom. The van der Waals surface area contributed by atoms with Gasteiger partial charge in [0.2, 0.25) is 0 Å². The van der Waals surface area contributed by atoms with E-state index in [0.717, 1.165) is 0 Å². The number of aliphatic carboxylic acids is 2. The fourth-order valence-corrected chi connectivity index (χ4v) is 3.59. The van der Waals surface area contributed by atoms with Crippen molar-refractivity contribution in [3.05, 3.63) is 0 Å². The average molecular weight is 549 g/mol. The van der Waals surface area contributed by atoms with Crippen molar-refractivity contribution in [3.8, 4) is 0 Å². The molecule has 0 aliphatic rings. The van der Waals surface area contributed by atoms with E-state index in [-0.39, 0.29) is 62.4 Å². The monoisotopic (exact) mass is 548 g/mol. The molecule has 0 saturated heterocycles. The van der Waals surface area contributed by atoms with Crippen molar-refractivity contribution in [1.82, 2.24) is 10.6 Å². The molecule has 0 aliphatic carbocycles. The van der Waals surface area contributed by atoms with Gasteiger partial charge in [0.05, 0.1) is 31.3 Å². The predicted octanol–water partition coefficient (Wildman–Crippen LogP) is -5.97. The molecule has 0 spiro atoms. The maximum atomic E-state index is 12.5. The second kappa shape index (κ2) is 21.7. The van der Waals surface area contributed by atoms with E-state index < -0.39 is 25.0 Å². The fraction of sp³-hybridized carbons (Fsp3) is 0.840. The molecule has 0 heterocycles. The Kier molecular flexibility index (Phi) is 20.5. The van der Waals surface area contributed by atoms with Crippen molar-refractivity contribution < 1.29 is 53.4 Å². The van der Waals surface area contributed by atoms with Crippen molar-refractivity contribution in [2.24, 2.45) is 5.92 Å². The van der Waals surface area contributed by atoms with Crippen molar-refractivity contribution in [2.75, 3.05) is 86.4 Å². The third kappa shape index (κ3) is 20.8. The van der Waals surface area contributed by atoms with Gasteiger partial charge in [0.25, 0.3) is 5.91 Å². The number of carboxylic acids is 2. The quantitative estimate of drug-likeness (QED) is 0.0804. The Balaban J connectivity index is 4.30. The maximum absolute atomic E-state index is 12.5. The molecule has 0 aliphatic heterocycles. The Morgan fingerprint density at radius 1 is 0.789 bits per heavy atom. The first kappa shape index (κ1) is 35.8. The van der Waals surface area contributed by atoms with Crippen molar-refractivity contribution in [2.45, 2.75) is 45.8 Å². The predicted molar refractivity (Wildman–Crippen MR) is 134 cm³/mol. The number of amides is 1. The van der Waals surface area contributed by atoms with Gasteiger partial charge in [0.15, 0.2) is 12.3 Å². The lowest BCUT2D eigenvalue weighted by molar-refractivity contribution is -0.944. The highest BCUT2D eigenvalue weighted by molar-refractivity contribution is 5.79. The van der Waals surface area contributed by atoms with Crippen LogP contribution in [-0.4, -0.2) is 122 Å². The number of hydrogen-bond donors (Lipinski definition) is 4. The normalized spacial score (nSPS) is 15.3. The van der Waals surface area contributed by atoms with Crippen LogP contribution in [0.4, 0.5) is 0 Å². The summed E-state index contributed by atoms with van der Waals surface area (Å²) in [4.78, 5) is 47.2. The second-order valence-corrected chi connectivity index (χ2v) is 9.81. The lowest BCUT2D eigenvalue weighted by Gasteiger charge is -2.24. The molecule has 0 aromatic heterocycles. The summed E-state index contributed by atoms with van der Waals surface area (Å²) in [5.41, 5.74) is 0. The largest absolute Gasteiger partial charge is 0.544 e. The van der Waals surface area contributed by atoms with Crippen LogP contribution in [0.3, 0.4) is 0 Å². The average Bonchev–Trinajstić information content (AvgIpc) is 2.84. The van der Waals surface area contributed by atoms with Crippen LogP contribution >= 0.6 is 0 Å². The summed E-state index contributed by atoms with van der Waals surface area (Å²) in [7, 11) is 3.32. The fourth-order valence-electron chi connectivity index (χ4n) is 3.59. The maximum Gasteiger partial charge on any atom is 0.274 e. The van der Waals surface area contributed by atoms with E-state index in [1.807, 2.05) is 27.8 Å². The molecule has 0 fully saturated rings. The van der Waals surface area contributed by atoms with Crippen LogP contribution in [-0.2, 0) is 33.4 Å². The number of hydrogen-bond acceptors (Lipinski definition) is 10. The minimum Gasteiger partial charge on any atom is -0.544 e. The highest BCUT2D eigenvalue weighted by Gasteiger charge is 2.21. The van der Waals surface area contributed by atoms with Gasteiger partial charge in [-0.3, -0.25) is 9.59 Å². The molecule has 38 heavy (non-hydrogen) atoms. The summed E-state index contributed by atoms with van der Waals surface area (Å²) >= 11 is 0. The highest BCUT2D eigenvalue weighted by Crippen LogP contribution is 2.03. The van der Waals surface area contributed by atoms with Crippen LogP contribution in [0.15, 0.2) is 0 Å². The zero-order valence-electron chi connectivity index (χ0n) is 23.6. The summed E-state index contributed by atoms with van der Waals surface area (Å²) in [6, 6.07) is 0.284. The van der Waals surface area contributed by atoms with Gasteiger partial charge in [0.1, 0.15) is 32.7 Å². The van der Waals surface area contributed by atoms with E-state index in [1.54, 1.807) is 0 Å². The molecule has 0 rings (SSSR count). The van der Waals surface area contributed by atoms with Gasteiger partial charge < -0.3 is 54.4 Å². The Labute approximate surface area is 226 Å². The first-order valence-electron chi connectivity index (χ1n) is 13.2. The smallest absolute Gasteiger partial charge is 0.274 e. The molecule has 0 aromatic rings. The summed E-state index contributed by atoms with van der Waals surface area (Å²) in [6.07, 6.45) is 0.941. The molecule has 1 amide bonds. The zero-order valence-corrected chi connectivity index (χ0v) is 23.6. The van der Waals surface area contributed by atoms with Crippen LogP contribution in [0.25, 0.3) is 0 Å². The van der Waals surface area contributed by atoms with Crippen LogP contribution in [0.2, 0.25) is 0 Å². The number of quaternary nitrogens is 2. The molecule has 0 bridgehead atoms. The minimum atomic E-state index is -1.32. The van der Waals surface area contributed by atoms with E-state index >= 15 is 0 Å². The molecule has 5 atom stereocenters. The zero-order chi connectivity index (χ0) is 28.9. The van der Waals surface area contributed by atoms with E-state index in [2.05, 4.69) is 10.6 Å². The van der Waals surface area contributed by atoms with E-state index in [0.29, 0.717) is 49.3 Å². The number of carbonyl (C=O) groups excluding carboxylic acids is 4. The first-order valence-corrected chi connectivity index (χ1v) is 13.2. The van der Waals surface area contributed by atoms with E-state index in [1.165, 1.54) is 7.05 Å². The number of ketones is 1. The minimum absolute atomic E-state index is 0.00542. The second-order valence-electron chi connectivity index (χ2n) is 9.81. The van der Waals surface area contributed by atoms with Crippen LogP contribution < -0.4 is 30.6 Å². The molecule has 4 N–H and O–H groups in total. The molecular weight excluding hydrogens is 500 g/mol. The number of carbonyl (C=O) groups is 4. The molecule has 13 nitrogen and oxygen atoms in total. The van der Waals surface area contributed by atoms with Crippen LogP contribution in [0, 0.1) is 5.92 Å². The van der Waals surface area contributed by atoms with E-state index in [4.69, 9.17) is 14.2 Å². The van der Waals surface area contributed by atoms with Crippen molar-refractivity contribution in [3.63, 3.8) is 0 Å². The van der Waals surface area contributed by atoms with Gasteiger partial charge in [0, 0.05) is 39.3 Å². The third-order valence-electron chi connectivity index (χ3n) is 5.79. The molecular formula is C25H48N4O9. The van der Waals surface area contributed by atoms with Crippen LogP contribution in [0.1, 0.15) is 33.6 Å². The van der Waals surface area contributed by atoms with Gasteiger partial charge in [-0.05, 0) is 33.2 Å². The third-order valence-corrected chi connectivity index (χ3v) is 5.79. The number of likely N-dealkylation sites (N-methyl/N-ethyl adjacent to an activating group) is 2. The van der Waals surface area contributed by atoms with E-state index in [9.17, 15) is 29.4 Å². The molecule has 5 unspecified atom stereocenters. The summed E-state index contributed by atoms with van der Waals surface area (Å²) in [6.45, 7) is 7.85. The van der Waals surface area contributed by atoms with Gasteiger partial charge in [-0.1, -0.05) is 6.92 Å². The van der Waals surface area contributed by atoms with Crippen molar-refractivity contribution >= 4 is 23.6 Å². The van der Waals surface area contributed by atoms with Gasteiger partial charge in [-0.25, -0.2) is 0 Å². The first-order chi connectivity index (χ1) is 18.0. The van der Waals surface area contributed by atoms with Gasteiger partial charge >= 0.3 is 0 Å². The summed E-state index contributed by atoms with van der Waals surface area (Å²) < 4.78 is 16.9. The van der Waals surface area contributed by atoms with Gasteiger partial charge in [-0.2, -0.15) is 0 Å². The number of Topliss-reactive ketones (excluding diaryl/α,β-unsaturated/α-hetero) is 1. The molecule has 222 valence electrons. The molecule has 0 aromatic carbocycles. The van der Waals surface area contributed by atoms with Crippen LogP contribution in [0.5, 0.6) is 0 Å². The number of rotatable bonds is 25. The molecule has 0 saturated carbocycles. The Morgan fingerprint density at radius 3 is 1.87 bits per heavy atom. The van der Waals surface area contributed by atoms with Gasteiger partial charge in [-0.15, -0.1) is 0 Å². The topological polar surface area (TPSA) is 175 Å². The summed E-state index contributed by atoms with van der Waals surface area (Å²) in [5, 5.41) is 27.7. The number of carboxylic acid groups (broad SMARTS) is 2. The Hall–Kier alpha value is -2.16. The SMILES string of the molecule is CNC(=O)C[NH+](CC[NH+](CC(=O)[O-])CC(=O)CC(C)COCCCOCC(C)OCC(C)NC)CC(=O)[O-]. The number of nitrogens with one attached hydrogen (secondary N) is 4. The standard InChI is InChI=1S/C25H48N4O9/c1-19(16-36-9-6-10-37-18-21(3)38-17-20(2)26-4)11-22(30)12-28(14-24(32)33)7-8-29(15-25(34)35)13-23(31)27-5/h19-21,26H,6-18H2,1-5H3,(H,27,31)(H,32,33)(H,34,35). The lowest BCUT2D eigenvalue weighted by Crippen LogP contribution is -3.22. The Bertz CT molecular complexity index is 696. The molecule has 0 radical (unpaired) electrons. The highest BCUT2D eigenvalue weighted by atomic mass is 16.5. The number of ether oxygens (including phenoxy) is 3. The van der Waals surface area contributed by atoms with Crippen molar-refractivity contribution in [1.29, 1.82) is 0 Å². The molecule has 13 heteroatoms. The summed E-state index contributed by atoms with van der Waals surface area (Å²) in [5.74, 6) is -3.16. The lowest BCUT2D eigenvalue weighted by atomic mass is 10.1.